The van der Waals surface area contributed by atoms with Gasteiger partial charge in [-0.1, -0.05) is 5.10 Å². The van der Waals surface area contributed by atoms with Gasteiger partial charge < -0.3 is 9.47 Å². The molecule has 0 spiro atoms. The lowest BCUT2D eigenvalue weighted by molar-refractivity contribution is 0.0974. The van der Waals surface area contributed by atoms with Crippen molar-refractivity contribution in [2.45, 2.75) is 13.5 Å². The summed E-state index contributed by atoms with van der Waals surface area (Å²) in [5, 5.41) is 16.8. The minimum atomic E-state index is -0.426. The number of hydrogen-bond acceptors (Lipinski definition) is 7. The minimum absolute atomic E-state index is 0.0588. The van der Waals surface area contributed by atoms with E-state index in [9.17, 15) is 4.79 Å². The van der Waals surface area contributed by atoms with E-state index in [1.54, 1.807) is 18.2 Å². The summed E-state index contributed by atoms with van der Waals surface area (Å²) in [5.74, 6) is 0.739. The van der Waals surface area contributed by atoms with Crippen LogP contribution in [0.25, 0.3) is 0 Å². The van der Waals surface area contributed by atoms with Gasteiger partial charge in [-0.15, -0.1) is 5.10 Å². The van der Waals surface area contributed by atoms with Crippen LogP contribution in [0.2, 0.25) is 0 Å². The van der Waals surface area contributed by atoms with Gasteiger partial charge in [0.2, 0.25) is 0 Å². The molecule has 0 unspecified atom stereocenters. The molecule has 1 aromatic carbocycles. The number of thiocarbonyl (C=S) groups is 1. The number of nitrogens with zero attached hydrogens (tertiary/aromatic N) is 4. The van der Waals surface area contributed by atoms with Gasteiger partial charge in [0.1, 0.15) is 11.5 Å². The second-order valence-electron chi connectivity index (χ2n) is 4.28. The van der Waals surface area contributed by atoms with E-state index in [1.807, 2.05) is 6.92 Å². The number of aryl methyl sites for hydroxylation is 1. The zero-order valence-electron chi connectivity index (χ0n) is 12.9. The van der Waals surface area contributed by atoms with Gasteiger partial charge in [-0.3, -0.25) is 15.4 Å². The topological polar surface area (TPSA) is 103 Å². The van der Waals surface area contributed by atoms with Crippen molar-refractivity contribution in [3.05, 3.63) is 23.8 Å². The molecule has 2 rings (SSSR count). The van der Waals surface area contributed by atoms with Crippen LogP contribution in [0.3, 0.4) is 0 Å². The highest BCUT2D eigenvalue weighted by Crippen LogP contribution is 2.24. The first kappa shape index (κ1) is 16.6. The van der Waals surface area contributed by atoms with Crippen LogP contribution in [0, 0.1) is 0 Å². The van der Waals surface area contributed by atoms with Gasteiger partial charge in [-0.25, -0.2) is 0 Å². The fraction of sp³-hybridized carbons (Fsp3) is 0.308. The molecular weight excluding hydrogens is 320 g/mol. The van der Waals surface area contributed by atoms with Crippen LogP contribution in [0.4, 0.5) is 5.95 Å². The van der Waals surface area contributed by atoms with Crippen molar-refractivity contribution in [3.63, 3.8) is 0 Å². The summed E-state index contributed by atoms with van der Waals surface area (Å²) in [5.41, 5.74) is 0.322. The Kier molecular flexibility index (Phi) is 5.41. The number of hydrogen-bond donors (Lipinski definition) is 2. The lowest BCUT2D eigenvalue weighted by atomic mass is 10.2. The van der Waals surface area contributed by atoms with Crippen LogP contribution in [-0.2, 0) is 6.54 Å². The highest BCUT2D eigenvalue weighted by Gasteiger charge is 2.15. The van der Waals surface area contributed by atoms with Crippen LogP contribution in [0.15, 0.2) is 18.2 Å². The lowest BCUT2D eigenvalue weighted by Crippen LogP contribution is -2.34. The number of anilines is 1. The number of amides is 1. The second kappa shape index (κ2) is 7.49. The van der Waals surface area contributed by atoms with Crippen molar-refractivity contribution < 1.29 is 14.3 Å². The second-order valence-corrected chi connectivity index (χ2v) is 4.68. The SMILES string of the molecule is CCn1nnc(NC(=S)NC(=O)c2ccc(OC)cc2OC)n1. The normalized spacial score (nSPS) is 10.0. The van der Waals surface area contributed by atoms with E-state index in [4.69, 9.17) is 21.7 Å². The van der Waals surface area contributed by atoms with Gasteiger partial charge in [0.25, 0.3) is 11.9 Å². The van der Waals surface area contributed by atoms with E-state index in [0.29, 0.717) is 23.6 Å². The molecule has 1 amide bonds. The quantitative estimate of drug-likeness (QED) is 0.774. The summed E-state index contributed by atoms with van der Waals surface area (Å²) in [6.45, 7) is 2.46. The van der Waals surface area contributed by atoms with Gasteiger partial charge in [0.05, 0.1) is 26.3 Å². The maximum Gasteiger partial charge on any atom is 0.269 e. The fourth-order valence-electron chi connectivity index (χ4n) is 1.72. The van der Waals surface area contributed by atoms with E-state index >= 15 is 0 Å². The van der Waals surface area contributed by atoms with Gasteiger partial charge in [0, 0.05) is 6.07 Å². The molecule has 1 heterocycles. The van der Waals surface area contributed by atoms with Gasteiger partial charge in [-0.2, -0.15) is 4.80 Å². The third kappa shape index (κ3) is 4.13. The zero-order valence-corrected chi connectivity index (χ0v) is 13.7. The minimum Gasteiger partial charge on any atom is -0.497 e. The Balaban J connectivity index is 2.04. The molecule has 2 aromatic rings. The standard InChI is InChI=1S/C13H16N6O3S/c1-4-19-17-12(16-18-19)15-13(23)14-11(20)9-6-5-8(21-2)7-10(9)22-3/h5-7H,4H2,1-3H3,(H2,14,15,17,20,23). The molecule has 1 aromatic heterocycles. The Morgan fingerprint density at radius 2 is 2.13 bits per heavy atom. The monoisotopic (exact) mass is 336 g/mol. The van der Waals surface area contributed by atoms with Gasteiger partial charge >= 0.3 is 0 Å². The summed E-state index contributed by atoms with van der Waals surface area (Å²) in [6, 6.07) is 4.85. The average Bonchev–Trinajstić information content (AvgIpc) is 3.01. The molecule has 23 heavy (non-hydrogen) atoms. The van der Waals surface area contributed by atoms with Crippen molar-refractivity contribution in [2.75, 3.05) is 19.5 Å². The predicted octanol–water partition coefficient (Wildman–Crippen LogP) is 0.837. The molecule has 122 valence electrons. The number of tetrazole rings is 1. The number of carbonyl (C=O) groups excluding carboxylic acids is 1. The molecule has 0 bridgehead atoms. The Morgan fingerprint density at radius 3 is 2.74 bits per heavy atom. The predicted molar refractivity (Wildman–Crippen MR) is 86.7 cm³/mol. The molecule has 0 aliphatic heterocycles. The number of methoxy groups -OCH3 is 2. The molecule has 0 fully saturated rings. The van der Waals surface area contributed by atoms with E-state index in [1.165, 1.54) is 19.0 Å². The average molecular weight is 336 g/mol. The molecule has 0 aliphatic carbocycles. The third-order valence-electron chi connectivity index (χ3n) is 2.84. The van der Waals surface area contributed by atoms with E-state index < -0.39 is 5.91 Å². The number of rotatable bonds is 5. The number of ether oxygens (including phenoxy) is 2. The summed E-state index contributed by atoms with van der Waals surface area (Å²) in [7, 11) is 3.00. The van der Waals surface area contributed by atoms with E-state index in [-0.39, 0.29) is 11.1 Å². The van der Waals surface area contributed by atoms with Gasteiger partial charge in [-0.05, 0) is 36.5 Å². The van der Waals surface area contributed by atoms with Crippen LogP contribution in [0.1, 0.15) is 17.3 Å². The molecule has 2 N–H and O–H groups in total. The van der Waals surface area contributed by atoms with Gasteiger partial charge in [0.15, 0.2) is 5.11 Å². The molecule has 10 heteroatoms. The number of nitrogens with one attached hydrogen (secondary N) is 2. The molecule has 0 saturated carbocycles. The maximum atomic E-state index is 12.3. The van der Waals surface area contributed by atoms with Crippen LogP contribution in [0.5, 0.6) is 11.5 Å². The van der Waals surface area contributed by atoms with E-state index in [0.717, 1.165) is 0 Å². The number of aromatic nitrogens is 4. The summed E-state index contributed by atoms with van der Waals surface area (Å²) < 4.78 is 10.3. The fourth-order valence-corrected chi connectivity index (χ4v) is 1.90. The lowest BCUT2D eigenvalue weighted by Gasteiger charge is -2.11. The first-order chi connectivity index (χ1) is 11.1. The Bertz CT molecular complexity index is 717. The van der Waals surface area contributed by atoms with Crippen molar-refractivity contribution in [1.82, 2.24) is 25.5 Å². The Labute approximate surface area is 138 Å². The smallest absolute Gasteiger partial charge is 0.269 e. The Hall–Kier alpha value is -2.75. The molecular formula is C13H16N6O3S. The van der Waals surface area contributed by atoms with Crippen LogP contribution in [-0.4, -0.2) is 45.4 Å². The molecule has 0 aliphatic rings. The summed E-state index contributed by atoms with van der Waals surface area (Å²) in [6.07, 6.45) is 0. The summed E-state index contributed by atoms with van der Waals surface area (Å²) >= 11 is 5.06. The third-order valence-corrected chi connectivity index (χ3v) is 3.05. The first-order valence-electron chi connectivity index (χ1n) is 6.69. The molecule has 0 atom stereocenters. The summed E-state index contributed by atoms with van der Waals surface area (Å²) in [4.78, 5) is 13.7. The largest absolute Gasteiger partial charge is 0.497 e. The number of benzene rings is 1. The molecule has 9 nitrogen and oxygen atoms in total. The van der Waals surface area contributed by atoms with Crippen LogP contribution < -0.4 is 20.1 Å². The molecule has 0 radical (unpaired) electrons. The van der Waals surface area contributed by atoms with E-state index in [2.05, 4.69) is 26.0 Å². The zero-order chi connectivity index (χ0) is 16.8. The first-order valence-corrected chi connectivity index (χ1v) is 7.10. The highest BCUT2D eigenvalue weighted by atomic mass is 32.1. The van der Waals surface area contributed by atoms with Crippen molar-refractivity contribution >= 4 is 29.2 Å². The van der Waals surface area contributed by atoms with Crippen molar-refractivity contribution in [3.8, 4) is 11.5 Å². The Morgan fingerprint density at radius 1 is 1.35 bits per heavy atom. The number of carbonyl (C=O) groups is 1. The van der Waals surface area contributed by atoms with Crippen molar-refractivity contribution in [1.29, 1.82) is 0 Å². The van der Waals surface area contributed by atoms with Crippen LogP contribution >= 0.6 is 12.2 Å². The highest BCUT2D eigenvalue weighted by molar-refractivity contribution is 7.80. The van der Waals surface area contributed by atoms with Crippen molar-refractivity contribution in [2.24, 2.45) is 0 Å². The maximum absolute atomic E-state index is 12.3. The molecule has 0 saturated heterocycles.